The number of hydrogen-bond acceptors (Lipinski definition) is 4. The van der Waals surface area contributed by atoms with E-state index in [0.29, 0.717) is 11.4 Å². The first kappa shape index (κ1) is 22.9. The number of nitrogens with two attached hydrogens (primary N) is 1. The molecule has 3 N–H and O–H groups in total. The number of rotatable bonds is 5. The minimum atomic E-state index is -0.630. The van der Waals surface area contributed by atoms with Crippen molar-refractivity contribution in [3.05, 3.63) is 24.3 Å². The summed E-state index contributed by atoms with van der Waals surface area (Å²) in [5, 5.41) is 2.82. The van der Waals surface area contributed by atoms with E-state index >= 15 is 0 Å². The van der Waals surface area contributed by atoms with Gasteiger partial charge in [0.1, 0.15) is 0 Å². The summed E-state index contributed by atoms with van der Waals surface area (Å²) < 4.78 is 0. The van der Waals surface area contributed by atoms with Gasteiger partial charge in [0.25, 0.3) is 0 Å². The molecule has 0 aliphatic carbocycles. The van der Waals surface area contributed by atoms with Crippen LogP contribution in [0.2, 0.25) is 0 Å². The third-order valence-electron chi connectivity index (χ3n) is 4.92. The number of amides is 3. The Morgan fingerprint density at radius 2 is 2.00 bits per heavy atom. The van der Waals surface area contributed by atoms with Gasteiger partial charge in [0, 0.05) is 19.5 Å². The number of para-hydroxylation sites is 2. The van der Waals surface area contributed by atoms with Gasteiger partial charge in [0.2, 0.25) is 17.7 Å². The van der Waals surface area contributed by atoms with Gasteiger partial charge in [0.05, 0.1) is 24.0 Å². The molecule has 1 aromatic rings. The van der Waals surface area contributed by atoms with Gasteiger partial charge >= 0.3 is 0 Å². The minimum absolute atomic E-state index is 0. The molecule has 27 heavy (non-hydrogen) atoms. The predicted octanol–water partition coefficient (Wildman–Crippen LogP) is 2.00. The monoisotopic (exact) mass is 396 g/mol. The molecule has 1 aromatic carbocycles. The molecule has 7 nitrogen and oxygen atoms in total. The number of nitrogens with zero attached hydrogens (tertiary/aromatic N) is 2. The molecule has 3 atom stereocenters. The van der Waals surface area contributed by atoms with E-state index in [9.17, 15) is 14.4 Å². The third-order valence-corrected chi connectivity index (χ3v) is 4.92. The summed E-state index contributed by atoms with van der Waals surface area (Å²) >= 11 is 0. The summed E-state index contributed by atoms with van der Waals surface area (Å²) in [7, 11) is 1.58. The second-order valence-corrected chi connectivity index (χ2v) is 6.99. The molecule has 8 heteroatoms. The lowest BCUT2D eigenvalue weighted by atomic mass is 9.99. The lowest BCUT2D eigenvalue weighted by Gasteiger charge is -2.31. The summed E-state index contributed by atoms with van der Waals surface area (Å²) in [4.78, 5) is 40.4. The van der Waals surface area contributed by atoms with E-state index in [4.69, 9.17) is 5.73 Å². The van der Waals surface area contributed by atoms with Crippen molar-refractivity contribution in [2.45, 2.75) is 45.7 Å². The lowest BCUT2D eigenvalue weighted by Crippen LogP contribution is -2.50. The highest BCUT2D eigenvalue weighted by Crippen LogP contribution is 2.31. The molecule has 0 saturated heterocycles. The number of anilines is 2. The Balaban J connectivity index is 0.00000364. The number of carbonyl (C=O) groups is 3. The average Bonchev–Trinajstić information content (AvgIpc) is 2.73. The first-order valence-electron chi connectivity index (χ1n) is 8.97. The van der Waals surface area contributed by atoms with Crippen LogP contribution in [-0.2, 0) is 14.4 Å². The number of nitrogens with one attached hydrogen (secondary N) is 1. The van der Waals surface area contributed by atoms with Crippen LogP contribution >= 0.6 is 12.4 Å². The van der Waals surface area contributed by atoms with Gasteiger partial charge in [-0.05, 0) is 25.0 Å². The summed E-state index contributed by atoms with van der Waals surface area (Å²) in [5.41, 5.74) is 7.24. The normalized spacial score (nSPS) is 18.3. The fraction of sp³-hybridized carbons (Fsp3) is 0.526. The molecule has 0 saturated carbocycles. The van der Waals surface area contributed by atoms with E-state index in [-0.39, 0.29) is 55.1 Å². The molecule has 2 rings (SSSR count). The molecule has 150 valence electrons. The molecular formula is C19H29ClN4O3. The second kappa shape index (κ2) is 9.71. The number of fused-ring (bicyclic) bond motifs is 1. The molecule has 0 radical (unpaired) electrons. The molecule has 1 heterocycles. The topological polar surface area (TPSA) is 95.7 Å². The lowest BCUT2D eigenvalue weighted by molar-refractivity contribution is -0.136. The number of likely N-dealkylation sites (N-methyl/N-ethyl adjacent to an activating group) is 1. The van der Waals surface area contributed by atoms with E-state index < -0.39 is 6.04 Å². The molecule has 0 bridgehead atoms. The highest BCUT2D eigenvalue weighted by molar-refractivity contribution is 6.05. The molecule has 1 aliphatic heterocycles. The van der Waals surface area contributed by atoms with Crippen molar-refractivity contribution in [2.75, 3.05) is 23.8 Å². The Morgan fingerprint density at radius 3 is 2.63 bits per heavy atom. The van der Waals surface area contributed by atoms with Crippen LogP contribution in [0.5, 0.6) is 0 Å². The van der Waals surface area contributed by atoms with Crippen molar-refractivity contribution in [2.24, 2.45) is 11.7 Å². The van der Waals surface area contributed by atoms with Gasteiger partial charge in [-0.25, -0.2) is 0 Å². The number of hydrogen-bond donors (Lipinski definition) is 2. The average molecular weight is 397 g/mol. The van der Waals surface area contributed by atoms with Crippen LogP contribution in [0.15, 0.2) is 24.3 Å². The maximum Gasteiger partial charge on any atom is 0.246 e. The fourth-order valence-electron chi connectivity index (χ4n) is 3.08. The molecule has 0 aromatic heterocycles. The van der Waals surface area contributed by atoms with Crippen molar-refractivity contribution in [1.29, 1.82) is 0 Å². The maximum absolute atomic E-state index is 13.0. The Hall–Kier alpha value is -2.12. The van der Waals surface area contributed by atoms with Crippen molar-refractivity contribution in [3.63, 3.8) is 0 Å². The van der Waals surface area contributed by atoms with Crippen LogP contribution in [0, 0.1) is 5.92 Å². The van der Waals surface area contributed by atoms with Crippen molar-refractivity contribution in [3.8, 4) is 0 Å². The zero-order valence-electron chi connectivity index (χ0n) is 16.3. The van der Waals surface area contributed by atoms with Crippen molar-refractivity contribution in [1.82, 2.24) is 4.90 Å². The fourth-order valence-corrected chi connectivity index (χ4v) is 3.08. The molecule has 1 aliphatic rings. The molecule has 3 amide bonds. The van der Waals surface area contributed by atoms with Gasteiger partial charge < -0.3 is 20.9 Å². The zero-order valence-corrected chi connectivity index (χ0v) is 17.1. The van der Waals surface area contributed by atoms with Gasteiger partial charge in [-0.15, -0.1) is 12.4 Å². The van der Waals surface area contributed by atoms with Gasteiger partial charge in [0.15, 0.2) is 0 Å². The first-order valence-corrected chi connectivity index (χ1v) is 8.97. The number of carbonyl (C=O) groups excluding carboxylic acids is 3. The summed E-state index contributed by atoms with van der Waals surface area (Å²) in [6, 6.07) is 6.24. The van der Waals surface area contributed by atoms with Gasteiger partial charge in [-0.1, -0.05) is 32.4 Å². The molecule has 0 spiro atoms. The van der Waals surface area contributed by atoms with E-state index in [2.05, 4.69) is 5.32 Å². The van der Waals surface area contributed by atoms with E-state index in [1.165, 1.54) is 4.90 Å². The summed E-state index contributed by atoms with van der Waals surface area (Å²) in [5.74, 6) is -0.588. The highest BCUT2D eigenvalue weighted by atomic mass is 35.5. The molecule has 3 unspecified atom stereocenters. The number of benzene rings is 1. The maximum atomic E-state index is 13.0. The van der Waals surface area contributed by atoms with E-state index in [0.717, 1.165) is 6.42 Å². The standard InChI is InChI=1S/C19H28N4O3.ClH/c1-5-12(2)18(20)19(26)22(4)11-17(25)23-13(3)10-16(24)21-14-8-6-7-9-15(14)23;/h6-9,12-13,18H,5,10-11,20H2,1-4H3,(H,21,24);1H. The Kier molecular flexibility index (Phi) is 8.24. The van der Waals surface area contributed by atoms with E-state index in [1.807, 2.05) is 26.8 Å². The smallest absolute Gasteiger partial charge is 0.246 e. The molecular weight excluding hydrogens is 368 g/mol. The van der Waals surface area contributed by atoms with Crippen molar-refractivity contribution < 1.29 is 14.4 Å². The zero-order chi connectivity index (χ0) is 19.4. The van der Waals surface area contributed by atoms with Crippen molar-refractivity contribution >= 4 is 41.5 Å². The van der Waals surface area contributed by atoms with E-state index in [1.54, 1.807) is 30.1 Å². The van der Waals surface area contributed by atoms with Gasteiger partial charge in [-0.3, -0.25) is 14.4 Å². The second-order valence-electron chi connectivity index (χ2n) is 6.99. The van der Waals surface area contributed by atoms with Crippen LogP contribution in [0.25, 0.3) is 0 Å². The third kappa shape index (κ3) is 5.20. The van der Waals surface area contributed by atoms with Crippen LogP contribution in [0.1, 0.15) is 33.6 Å². The quantitative estimate of drug-likeness (QED) is 0.795. The summed E-state index contributed by atoms with van der Waals surface area (Å²) in [6.45, 7) is 5.63. The Morgan fingerprint density at radius 1 is 1.37 bits per heavy atom. The van der Waals surface area contributed by atoms with Crippen LogP contribution in [-0.4, -0.2) is 48.3 Å². The summed E-state index contributed by atoms with van der Waals surface area (Å²) in [6.07, 6.45) is 0.990. The highest BCUT2D eigenvalue weighted by Gasteiger charge is 2.31. The Labute approximate surface area is 166 Å². The Bertz CT molecular complexity index is 697. The SMILES string of the molecule is CCC(C)C(N)C(=O)N(C)CC(=O)N1c2ccccc2NC(=O)CC1C.Cl. The minimum Gasteiger partial charge on any atom is -0.335 e. The number of halogens is 1. The van der Waals surface area contributed by atoms with Crippen LogP contribution in [0.4, 0.5) is 11.4 Å². The largest absolute Gasteiger partial charge is 0.335 e. The molecule has 0 fully saturated rings. The first-order chi connectivity index (χ1) is 12.3. The predicted molar refractivity (Wildman–Crippen MR) is 109 cm³/mol. The van der Waals surface area contributed by atoms with Crippen LogP contribution in [0.3, 0.4) is 0 Å². The van der Waals surface area contributed by atoms with Gasteiger partial charge in [-0.2, -0.15) is 0 Å². The van der Waals surface area contributed by atoms with Crippen LogP contribution < -0.4 is 16.0 Å².